The van der Waals surface area contributed by atoms with Crippen molar-refractivity contribution in [3.63, 3.8) is 0 Å². The monoisotopic (exact) mass is 323 g/mol. The Balaban J connectivity index is 2.40. The summed E-state index contributed by atoms with van der Waals surface area (Å²) in [5, 5.41) is -0.601. The molecule has 1 saturated heterocycles. The number of rotatable bonds is 3. The van der Waals surface area contributed by atoms with Gasteiger partial charge in [0.2, 0.25) is 0 Å². The van der Waals surface area contributed by atoms with Crippen molar-refractivity contribution >= 4 is 38.9 Å². The summed E-state index contributed by atoms with van der Waals surface area (Å²) in [5.74, 6) is 1.15. The van der Waals surface area contributed by atoms with Gasteiger partial charge in [-0.05, 0) is 23.8 Å². The van der Waals surface area contributed by atoms with E-state index < -0.39 is 21.0 Å². The van der Waals surface area contributed by atoms with Crippen LogP contribution in [0.25, 0.3) is 0 Å². The van der Waals surface area contributed by atoms with Gasteiger partial charge in [-0.1, -0.05) is 0 Å². The Kier molecular flexibility index (Phi) is 4.63. The normalized spacial score (nSPS) is 20.6. The van der Waals surface area contributed by atoms with E-state index in [-0.39, 0.29) is 5.88 Å². The van der Waals surface area contributed by atoms with Crippen LogP contribution in [0.5, 0.6) is 0 Å². The first-order chi connectivity index (χ1) is 8.91. The highest BCUT2D eigenvalue weighted by atomic mass is 35.5. The molecule has 1 aromatic rings. The molecule has 1 heterocycles. The summed E-state index contributed by atoms with van der Waals surface area (Å²) in [6, 6.07) is 4.49. The van der Waals surface area contributed by atoms with Crippen LogP contribution in [0.2, 0.25) is 0 Å². The van der Waals surface area contributed by atoms with Crippen LogP contribution in [0, 0.1) is 5.82 Å². The quantitative estimate of drug-likeness (QED) is 0.801. The minimum absolute atomic E-state index is 0.205. The number of thioether (sulfide) groups is 1. The molecule has 0 aliphatic carbocycles. The number of hydrogen-bond donors (Lipinski definition) is 0. The Labute approximate surface area is 122 Å². The predicted molar refractivity (Wildman–Crippen MR) is 79.3 cm³/mol. The van der Waals surface area contributed by atoms with Gasteiger partial charge >= 0.3 is 0 Å². The molecule has 0 radical (unpaired) electrons. The van der Waals surface area contributed by atoms with Crippen molar-refractivity contribution in [1.82, 2.24) is 0 Å². The number of nitrogens with zero attached hydrogens (tertiary/aromatic N) is 1. The van der Waals surface area contributed by atoms with Gasteiger partial charge in [0.15, 0.2) is 9.84 Å². The number of alkyl halides is 1. The molecule has 1 atom stereocenters. The smallest absolute Gasteiger partial charge is 0.169 e. The fourth-order valence-electron chi connectivity index (χ4n) is 2.11. The lowest BCUT2D eigenvalue weighted by atomic mass is 10.2. The van der Waals surface area contributed by atoms with E-state index >= 15 is 0 Å². The Morgan fingerprint density at radius 3 is 2.84 bits per heavy atom. The van der Waals surface area contributed by atoms with Gasteiger partial charge in [-0.3, -0.25) is 0 Å². The average molecular weight is 324 g/mol. The lowest BCUT2D eigenvalue weighted by molar-refractivity contribution is 0.583. The van der Waals surface area contributed by atoms with Gasteiger partial charge in [-0.15, -0.1) is 11.6 Å². The van der Waals surface area contributed by atoms with E-state index in [9.17, 15) is 12.8 Å². The van der Waals surface area contributed by atoms with Crippen LogP contribution >= 0.6 is 23.4 Å². The van der Waals surface area contributed by atoms with Gasteiger partial charge in [0.05, 0.1) is 0 Å². The Morgan fingerprint density at radius 1 is 1.47 bits per heavy atom. The molecule has 0 saturated carbocycles. The van der Waals surface area contributed by atoms with Crippen LogP contribution in [0.15, 0.2) is 18.2 Å². The Morgan fingerprint density at radius 2 is 2.21 bits per heavy atom. The van der Waals surface area contributed by atoms with E-state index in [1.54, 1.807) is 22.7 Å². The molecule has 1 aliphatic heterocycles. The highest BCUT2D eigenvalue weighted by Gasteiger charge is 2.31. The lowest BCUT2D eigenvalue weighted by Crippen LogP contribution is -2.47. The molecule has 0 spiro atoms. The zero-order valence-electron chi connectivity index (χ0n) is 10.5. The molecule has 1 aromatic carbocycles. The van der Waals surface area contributed by atoms with Gasteiger partial charge in [-0.2, -0.15) is 11.8 Å². The molecule has 0 aromatic heterocycles. The fraction of sp³-hybridized carbons (Fsp3) is 0.500. The van der Waals surface area contributed by atoms with Crippen LogP contribution < -0.4 is 4.90 Å². The molecule has 7 heteroatoms. The largest absolute Gasteiger partial charge is 0.353 e. The molecule has 2 rings (SSSR count). The summed E-state index contributed by atoms with van der Waals surface area (Å²) in [4.78, 5) is 1.75. The molecule has 1 aliphatic rings. The molecule has 3 nitrogen and oxygen atoms in total. The van der Waals surface area contributed by atoms with Gasteiger partial charge in [0.25, 0.3) is 0 Å². The number of benzene rings is 1. The molecule has 1 fully saturated rings. The number of sulfone groups is 1. The molecular formula is C12H15ClFNO2S2. The number of hydrogen-bond acceptors (Lipinski definition) is 4. The summed E-state index contributed by atoms with van der Waals surface area (Å²) in [7, 11) is -3.21. The van der Waals surface area contributed by atoms with Crippen LogP contribution in [-0.4, -0.2) is 38.1 Å². The Hall–Kier alpha value is -0.460. The van der Waals surface area contributed by atoms with Crippen LogP contribution in [0.1, 0.15) is 5.56 Å². The topological polar surface area (TPSA) is 37.4 Å². The van der Waals surface area contributed by atoms with Crippen molar-refractivity contribution in [2.24, 2.45) is 0 Å². The summed E-state index contributed by atoms with van der Waals surface area (Å²) < 4.78 is 37.2. The van der Waals surface area contributed by atoms with Crippen LogP contribution in [0.3, 0.4) is 0 Å². The van der Waals surface area contributed by atoms with E-state index in [0.717, 1.165) is 5.75 Å². The zero-order chi connectivity index (χ0) is 14.0. The standard InChI is InChI=1S/C12H15ClFNO2S2/c1-19(16,17)12-8-18-3-2-15(12)11-5-9(7-13)4-10(14)6-11/h4-6,12H,2-3,7-8H2,1H3. The first kappa shape index (κ1) is 14.9. The van der Waals surface area contributed by atoms with Crippen molar-refractivity contribution in [2.45, 2.75) is 11.3 Å². The van der Waals surface area contributed by atoms with Crippen LogP contribution in [0.4, 0.5) is 10.1 Å². The molecule has 1 unspecified atom stereocenters. The van der Waals surface area contributed by atoms with E-state index in [1.807, 2.05) is 0 Å². The minimum atomic E-state index is -3.21. The van der Waals surface area contributed by atoms with Crippen molar-refractivity contribution in [3.05, 3.63) is 29.6 Å². The van der Waals surface area contributed by atoms with Gasteiger partial charge in [0.1, 0.15) is 11.2 Å². The van der Waals surface area contributed by atoms with Crippen molar-refractivity contribution < 1.29 is 12.8 Å². The molecular weight excluding hydrogens is 309 g/mol. The lowest BCUT2D eigenvalue weighted by Gasteiger charge is -2.36. The third kappa shape index (κ3) is 3.55. The summed E-state index contributed by atoms with van der Waals surface area (Å²) >= 11 is 7.33. The maximum Gasteiger partial charge on any atom is 0.169 e. The first-order valence-electron chi connectivity index (χ1n) is 5.80. The summed E-state index contributed by atoms with van der Waals surface area (Å²) in [6.07, 6.45) is 1.22. The Bertz CT molecular complexity index is 565. The second-order valence-electron chi connectivity index (χ2n) is 4.50. The molecule has 19 heavy (non-hydrogen) atoms. The second kappa shape index (κ2) is 5.89. The van der Waals surface area contributed by atoms with E-state index in [0.29, 0.717) is 23.5 Å². The molecule has 0 bridgehead atoms. The third-order valence-electron chi connectivity index (χ3n) is 3.01. The average Bonchev–Trinajstić information content (AvgIpc) is 2.37. The van der Waals surface area contributed by atoms with Gasteiger partial charge < -0.3 is 4.90 Å². The highest BCUT2D eigenvalue weighted by Crippen LogP contribution is 2.28. The maximum atomic E-state index is 13.6. The SMILES string of the molecule is CS(=O)(=O)C1CSCCN1c1cc(F)cc(CCl)c1. The van der Waals surface area contributed by atoms with Gasteiger partial charge in [0, 0.05) is 35.9 Å². The minimum Gasteiger partial charge on any atom is -0.353 e. The van der Waals surface area contributed by atoms with Gasteiger partial charge in [-0.25, -0.2) is 12.8 Å². The van der Waals surface area contributed by atoms with E-state index in [4.69, 9.17) is 11.6 Å². The van der Waals surface area contributed by atoms with Crippen molar-refractivity contribution in [3.8, 4) is 0 Å². The van der Waals surface area contributed by atoms with Crippen molar-refractivity contribution in [2.75, 3.05) is 29.2 Å². The van der Waals surface area contributed by atoms with E-state index in [1.165, 1.54) is 18.4 Å². The van der Waals surface area contributed by atoms with Crippen LogP contribution in [-0.2, 0) is 15.7 Å². The van der Waals surface area contributed by atoms with Crippen molar-refractivity contribution in [1.29, 1.82) is 0 Å². The fourth-order valence-corrected chi connectivity index (χ4v) is 5.10. The first-order valence-corrected chi connectivity index (χ1v) is 9.45. The summed E-state index contributed by atoms with van der Waals surface area (Å²) in [5.41, 5.74) is 1.24. The number of halogens is 2. The summed E-state index contributed by atoms with van der Waals surface area (Å²) in [6.45, 7) is 0.591. The number of anilines is 1. The van der Waals surface area contributed by atoms with E-state index in [2.05, 4.69) is 0 Å². The maximum absolute atomic E-state index is 13.6. The molecule has 0 amide bonds. The predicted octanol–water partition coefficient (Wildman–Crippen LogP) is 2.49. The molecule has 0 N–H and O–H groups in total. The third-order valence-corrected chi connectivity index (χ3v) is 5.96. The highest BCUT2D eigenvalue weighted by molar-refractivity contribution is 8.01. The molecule has 106 valence electrons. The zero-order valence-corrected chi connectivity index (χ0v) is 12.9. The second-order valence-corrected chi connectivity index (χ2v) is 8.12.